The van der Waals surface area contributed by atoms with E-state index in [1.165, 1.54) is 42.7 Å². The zero-order valence-corrected chi connectivity index (χ0v) is 13.4. The van der Waals surface area contributed by atoms with Crippen molar-refractivity contribution in [3.8, 4) is 0 Å². The molecular weight excluding hydrogens is 221 g/mol. The van der Waals surface area contributed by atoms with Crippen LogP contribution in [0.1, 0.15) is 59.8 Å². The van der Waals surface area contributed by atoms with Crippen LogP contribution in [0.5, 0.6) is 0 Å². The number of hydrogen-bond donors (Lipinski definition) is 0. The third-order valence-corrected chi connectivity index (χ3v) is 7.21. The van der Waals surface area contributed by atoms with E-state index in [1.54, 1.807) is 0 Å². The Balaban J connectivity index is 2.42. The Labute approximate surface area is 113 Å². The second-order valence-electron chi connectivity index (χ2n) is 6.61. The predicted octanol–water partition coefficient (Wildman–Crippen LogP) is 4.94. The highest BCUT2D eigenvalue weighted by Gasteiger charge is 2.21. The summed E-state index contributed by atoms with van der Waals surface area (Å²) < 4.78 is 5.04. The largest absolute Gasteiger partial charge is 0.435 e. The van der Waals surface area contributed by atoms with Gasteiger partial charge in [-0.3, -0.25) is 0 Å². The maximum absolute atomic E-state index is 5.04. The lowest BCUT2D eigenvalue weighted by molar-refractivity contribution is 0.445. The second-order valence-corrected chi connectivity index (χ2v) is 9.16. The lowest BCUT2D eigenvalue weighted by atomic mass is 9.90. The van der Waals surface area contributed by atoms with Gasteiger partial charge >= 0.3 is 14.4 Å². The summed E-state index contributed by atoms with van der Waals surface area (Å²) in [5, 5.41) is 2.78. The first-order valence-electron chi connectivity index (χ1n) is 7.61. The van der Waals surface area contributed by atoms with Crippen molar-refractivity contribution in [2.45, 2.75) is 70.4 Å². The molecule has 1 aliphatic carbocycles. The molecule has 0 atom stereocenters. The van der Waals surface area contributed by atoms with E-state index in [0.29, 0.717) is 0 Å². The van der Waals surface area contributed by atoms with E-state index in [2.05, 4.69) is 33.9 Å². The van der Waals surface area contributed by atoms with E-state index in [4.69, 9.17) is 3.98 Å². The Morgan fingerprint density at radius 3 is 2.00 bits per heavy atom. The summed E-state index contributed by atoms with van der Waals surface area (Å²) in [6, 6.07) is 0. The van der Waals surface area contributed by atoms with Crippen molar-refractivity contribution in [3.63, 3.8) is 0 Å². The lowest BCUT2D eigenvalue weighted by Crippen LogP contribution is -2.17. The maximum atomic E-state index is 5.04. The van der Waals surface area contributed by atoms with Gasteiger partial charge in [0.1, 0.15) is 0 Å². The fourth-order valence-electron chi connectivity index (χ4n) is 2.83. The molecule has 1 saturated carbocycles. The van der Waals surface area contributed by atoms with Gasteiger partial charge in [-0.2, -0.15) is 0 Å². The van der Waals surface area contributed by atoms with E-state index in [-0.39, 0.29) is 0 Å². The highest BCUT2D eigenvalue weighted by atomic mass is 27.2. The van der Waals surface area contributed by atoms with E-state index >= 15 is 0 Å². The minimum Gasteiger partial charge on any atom is -0.408 e. The highest BCUT2D eigenvalue weighted by Crippen LogP contribution is 2.23. The van der Waals surface area contributed by atoms with Gasteiger partial charge < -0.3 is 3.98 Å². The van der Waals surface area contributed by atoms with E-state index < -0.39 is 14.4 Å². The molecule has 1 fully saturated rings. The van der Waals surface area contributed by atoms with Crippen LogP contribution in [-0.2, 0) is 0 Å². The standard InChI is InChI=1S/C7H12N.2C4H9.Al/c8-6-7-4-2-1-3-5-7;2*1-4(2)3;/h6-7H,1-5H2;2*4H,1H2,2-3H3;/q-1;;;+1. The third kappa shape index (κ3) is 7.27. The lowest BCUT2D eigenvalue weighted by Gasteiger charge is -2.19. The molecule has 1 rings (SSSR count). The molecule has 0 spiro atoms. The first-order chi connectivity index (χ1) is 8.08. The monoisotopic (exact) mass is 251 g/mol. The SMILES string of the molecule is CC(C)[CH2][Al]([CH2]C(C)C)/[N]=C/C1CCCCC1. The van der Waals surface area contributed by atoms with E-state index in [1.807, 2.05) is 0 Å². The zero-order chi connectivity index (χ0) is 12.7. The Bertz CT molecular complexity index is 207. The van der Waals surface area contributed by atoms with Crippen LogP contribution in [0.4, 0.5) is 0 Å². The smallest absolute Gasteiger partial charge is 0.408 e. The quantitative estimate of drug-likeness (QED) is 0.468. The average molecular weight is 251 g/mol. The van der Waals surface area contributed by atoms with Crippen molar-refractivity contribution in [2.75, 3.05) is 0 Å². The minimum atomic E-state index is -0.851. The molecule has 1 nitrogen and oxygen atoms in total. The summed E-state index contributed by atoms with van der Waals surface area (Å²) in [5.41, 5.74) is 0. The molecule has 0 heterocycles. The predicted molar refractivity (Wildman–Crippen MR) is 80.1 cm³/mol. The van der Waals surface area contributed by atoms with Gasteiger partial charge in [0.15, 0.2) is 0 Å². The van der Waals surface area contributed by atoms with Gasteiger partial charge in [0.05, 0.1) is 0 Å². The van der Waals surface area contributed by atoms with Gasteiger partial charge in [-0.15, -0.1) is 0 Å². The van der Waals surface area contributed by atoms with Crippen LogP contribution < -0.4 is 0 Å². The van der Waals surface area contributed by atoms with Crippen molar-refractivity contribution in [1.29, 1.82) is 0 Å². The zero-order valence-electron chi connectivity index (χ0n) is 12.3. The normalized spacial score (nSPS) is 18.5. The molecule has 1 aliphatic rings. The number of nitrogens with zero attached hydrogens (tertiary/aromatic N) is 1. The van der Waals surface area contributed by atoms with Crippen molar-refractivity contribution in [2.24, 2.45) is 21.7 Å². The summed E-state index contributed by atoms with van der Waals surface area (Å²) in [6.45, 7) is 9.37. The van der Waals surface area contributed by atoms with Crippen molar-refractivity contribution in [3.05, 3.63) is 0 Å². The van der Waals surface area contributed by atoms with Gasteiger partial charge in [0.2, 0.25) is 0 Å². The van der Waals surface area contributed by atoms with Crippen LogP contribution in [0, 0.1) is 17.8 Å². The molecule has 0 aliphatic heterocycles. The molecule has 0 aromatic rings. The Morgan fingerprint density at radius 2 is 1.53 bits per heavy atom. The molecule has 0 radical (unpaired) electrons. The number of hydrogen-bond acceptors (Lipinski definition) is 1. The van der Waals surface area contributed by atoms with Crippen molar-refractivity contribution in [1.82, 2.24) is 0 Å². The van der Waals surface area contributed by atoms with Crippen LogP contribution in [0.15, 0.2) is 3.98 Å². The molecule has 0 saturated heterocycles. The van der Waals surface area contributed by atoms with Crippen LogP contribution in [0.25, 0.3) is 0 Å². The van der Waals surface area contributed by atoms with Gasteiger partial charge in [-0.1, -0.05) is 69.4 Å². The molecule has 0 unspecified atom stereocenters. The maximum Gasteiger partial charge on any atom is 0.435 e. The first kappa shape index (κ1) is 15.3. The highest BCUT2D eigenvalue weighted by molar-refractivity contribution is 6.58. The molecule has 0 amide bonds. The van der Waals surface area contributed by atoms with Gasteiger partial charge in [0.25, 0.3) is 0 Å². The van der Waals surface area contributed by atoms with E-state index in [9.17, 15) is 0 Å². The molecule has 98 valence electrons. The van der Waals surface area contributed by atoms with Gasteiger partial charge in [-0.25, -0.2) is 0 Å². The topological polar surface area (TPSA) is 12.4 Å². The Kier molecular flexibility index (Phi) is 7.48. The second kappa shape index (κ2) is 8.33. The Morgan fingerprint density at radius 1 is 1.00 bits per heavy atom. The fourth-order valence-corrected chi connectivity index (χ4v) is 5.93. The van der Waals surface area contributed by atoms with Crippen LogP contribution in [0.3, 0.4) is 0 Å². The van der Waals surface area contributed by atoms with E-state index in [0.717, 1.165) is 17.8 Å². The van der Waals surface area contributed by atoms with Crippen molar-refractivity contribution < 1.29 is 0 Å². The summed E-state index contributed by atoms with van der Waals surface area (Å²) in [4.78, 5) is 0. The molecule has 0 N–H and O–H groups in total. The summed E-state index contributed by atoms with van der Waals surface area (Å²) in [6.07, 6.45) is 9.46. The van der Waals surface area contributed by atoms with Crippen LogP contribution in [-0.4, -0.2) is 20.6 Å². The first-order valence-corrected chi connectivity index (χ1v) is 9.76. The summed E-state index contributed by atoms with van der Waals surface area (Å²) in [5.74, 6) is 2.47. The molecule has 0 aromatic carbocycles. The fraction of sp³-hybridized carbons (Fsp3) is 0.933. The minimum absolute atomic E-state index is 0.818. The Hall–Kier alpha value is 0.202. The molecule has 0 aromatic heterocycles. The molecule has 17 heavy (non-hydrogen) atoms. The summed E-state index contributed by atoms with van der Waals surface area (Å²) >= 11 is -0.851. The van der Waals surface area contributed by atoms with Gasteiger partial charge in [0, 0.05) is 0 Å². The molecular formula is C15H30AlN. The molecule has 0 bridgehead atoms. The summed E-state index contributed by atoms with van der Waals surface area (Å²) in [7, 11) is 0. The van der Waals surface area contributed by atoms with Crippen molar-refractivity contribution >= 4 is 20.6 Å². The molecule has 2 heteroatoms. The third-order valence-electron chi connectivity index (χ3n) is 3.64. The van der Waals surface area contributed by atoms with Gasteiger partial charge in [-0.05, 0) is 25.0 Å². The number of rotatable bonds is 6. The van der Waals surface area contributed by atoms with Crippen LogP contribution >= 0.6 is 0 Å². The average Bonchev–Trinajstić information content (AvgIpc) is 2.26. The van der Waals surface area contributed by atoms with Crippen LogP contribution in [0.2, 0.25) is 10.6 Å².